The van der Waals surface area contributed by atoms with Gasteiger partial charge in [0.25, 0.3) is 0 Å². The van der Waals surface area contributed by atoms with Gasteiger partial charge in [0.2, 0.25) is 5.91 Å². The number of nitrogens with one attached hydrogen (secondary N) is 1. The van der Waals surface area contributed by atoms with E-state index in [4.69, 9.17) is 10.5 Å². The van der Waals surface area contributed by atoms with E-state index in [1.165, 1.54) is 6.07 Å². The van der Waals surface area contributed by atoms with Crippen LogP contribution in [0.4, 0.5) is 10.1 Å². The van der Waals surface area contributed by atoms with Crippen molar-refractivity contribution in [2.45, 2.75) is 13.8 Å². The van der Waals surface area contributed by atoms with Crippen LogP contribution in [0.2, 0.25) is 0 Å². The van der Waals surface area contributed by atoms with E-state index in [2.05, 4.69) is 5.32 Å². The SMILES string of the molecule is Cc1cc(N)c(F)cc1C.O=C1COCCN1. The van der Waals surface area contributed by atoms with E-state index < -0.39 is 0 Å². The molecule has 0 radical (unpaired) electrons. The molecular formula is C12H17FN2O2. The van der Waals surface area contributed by atoms with Gasteiger partial charge in [-0.25, -0.2) is 4.39 Å². The molecule has 1 heterocycles. The second kappa shape index (κ2) is 6.20. The van der Waals surface area contributed by atoms with Crippen molar-refractivity contribution in [1.82, 2.24) is 5.32 Å². The summed E-state index contributed by atoms with van der Waals surface area (Å²) in [5.41, 5.74) is 7.50. The van der Waals surface area contributed by atoms with E-state index in [0.29, 0.717) is 13.2 Å². The minimum Gasteiger partial charge on any atom is -0.396 e. The van der Waals surface area contributed by atoms with Crippen LogP contribution in [0.25, 0.3) is 0 Å². The Balaban J connectivity index is 0.000000181. The Bertz CT molecular complexity index is 349. The number of rotatable bonds is 0. The summed E-state index contributed by atoms with van der Waals surface area (Å²) >= 11 is 0. The lowest BCUT2D eigenvalue weighted by molar-refractivity contribution is -0.128. The number of hydrogen-bond donors (Lipinski definition) is 2. The monoisotopic (exact) mass is 240 g/mol. The topological polar surface area (TPSA) is 64.4 Å². The van der Waals surface area contributed by atoms with Crippen molar-refractivity contribution >= 4 is 11.6 Å². The standard InChI is InChI=1S/C8H10FN.C4H7NO2/c1-5-3-7(9)8(10)4-6(5)2;6-4-3-7-2-1-5-4/h3-4H,10H2,1-2H3;1-3H2,(H,5,6). The van der Waals surface area contributed by atoms with Crippen LogP contribution in [0.1, 0.15) is 11.1 Å². The minimum atomic E-state index is -0.330. The van der Waals surface area contributed by atoms with E-state index in [0.717, 1.165) is 11.1 Å². The number of halogens is 1. The fourth-order valence-electron chi connectivity index (χ4n) is 1.28. The highest BCUT2D eigenvalue weighted by molar-refractivity contribution is 5.77. The number of nitrogen functional groups attached to an aromatic ring is 1. The molecule has 1 aromatic carbocycles. The first-order chi connectivity index (χ1) is 8.00. The van der Waals surface area contributed by atoms with Crippen LogP contribution in [0.5, 0.6) is 0 Å². The molecule has 1 saturated heterocycles. The number of nitrogens with two attached hydrogens (primary N) is 1. The van der Waals surface area contributed by atoms with E-state index in [9.17, 15) is 9.18 Å². The predicted molar refractivity (Wildman–Crippen MR) is 64.1 cm³/mol. The number of amides is 1. The second-order valence-corrected chi connectivity index (χ2v) is 3.86. The zero-order chi connectivity index (χ0) is 12.8. The lowest BCUT2D eigenvalue weighted by atomic mass is 10.1. The predicted octanol–water partition coefficient (Wildman–Crippen LogP) is 1.16. The Labute approximate surface area is 100.0 Å². The molecule has 0 spiro atoms. The summed E-state index contributed by atoms with van der Waals surface area (Å²) < 4.78 is 17.4. The third-order valence-electron chi connectivity index (χ3n) is 2.41. The van der Waals surface area contributed by atoms with Crippen LogP contribution in [0.3, 0.4) is 0 Å². The molecule has 0 bridgehead atoms. The van der Waals surface area contributed by atoms with Gasteiger partial charge < -0.3 is 15.8 Å². The largest absolute Gasteiger partial charge is 0.396 e. The normalized spacial score (nSPS) is 14.6. The fraction of sp³-hybridized carbons (Fsp3) is 0.417. The molecule has 1 fully saturated rings. The summed E-state index contributed by atoms with van der Waals surface area (Å²) in [5, 5.41) is 2.62. The molecule has 5 heteroatoms. The van der Waals surface area contributed by atoms with Gasteiger partial charge in [-0.3, -0.25) is 4.79 Å². The Morgan fingerprint density at radius 3 is 2.41 bits per heavy atom. The maximum Gasteiger partial charge on any atom is 0.246 e. The number of hydrogen-bond acceptors (Lipinski definition) is 3. The lowest BCUT2D eigenvalue weighted by Gasteiger charge is -2.10. The number of ether oxygens (including phenoxy) is 1. The minimum absolute atomic E-state index is 0.00810. The Morgan fingerprint density at radius 2 is 2.00 bits per heavy atom. The van der Waals surface area contributed by atoms with Crippen molar-refractivity contribution in [2.24, 2.45) is 0 Å². The molecular weight excluding hydrogens is 223 g/mol. The second-order valence-electron chi connectivity index (χ2n) is 3.86. The summed E-state index contributed by atoms with van der Waals surface area (Å²) in [6.45, 7) is 5.33. The van der Waals surface area contributed by atoms with Gasteiger partial charge in [-0.05, 0) is 37.1 Å². The third kappa shape index (κ3) is 4.40. The highest BCUT2D eigenvalue weighted by Gasteiger charge is 2.04. The fourth-order valence-corrected chi connectivity index (χ4v) is 1.28. The molecule has 1 aromatic rings. The Hall–Kier alpha value is -1.62. The Morgan fingerprint density at radius 1 is 1.35 bits per heavy atom. The van der Waals surface area contributed by atoms with Crippen molar-refractivity contribution in [1.29, 1.82) is 0 Å². The van der Waals surface area contributed by atoms with Crippen molar-refractivity contribution in [2.75, 3.05) is 25.5 Å². The number of carbonyl (C=O) groups is 1. The van der Waals surface area contributed by atoms with Gasteiger partial charge in [-0.2, -0.15) is 0 Å². The molecule has 0 atom stereocenters. The highest BCUT2D eigenvalue weighted by atomic mass is 19.1. The quantitative estimate of drug-likeness (QED) is 0.669. The molecule has 4 nitrogen and oxygen atoms in total. The number of aryl methyl sites for hydroxylation is 2. The number of anilines is 1. The van der Waals surface area contributed by atoms with Crippen molar-refractivity contribution < 1.29 is 13.9 Å². The number of carbonyl (C=O) groups excluding carboxylic acids is 1. The summed E-state index contributed by atoms with van der Waals surface area (Å²) in [6.07, 6.45) is 0. The summed E-state index contributed by atoms with van der Waals surface area (Å²) in [6, 6.07) is 3.09. The third-order valence-corrected chi connectivity index (χ3v) is 2.41. The van der Waals surface area contributed by atoms with Gasteiger partial charge in [0.1, 0.15) is 12.4 Å². The molecule has 0 aliphatic carbocycles. The van der Waals surface area contributed by atoms with E-state index in [1.54, 1.807) is 6.07 Å². The van der Waals surface area contributed by atoms with Gasteiger partial charge in [-0.15, -0.1) is 0 Å². The smallest absolute Gasteiger partial charge is 0.246 e. The average Bonchev–Trinajstić information content (AvgIpc) is 2.28. The molecule has 94 valence electrons. The lowest BCUT2D eigenvalue weighted by Crippen LogP contribution is -2.36. The zero-order valence-electron chi connectivity index (χ0n) is 10.0. The van der Waals surface area contributed by atoms with Crippen LogP contribution >= 0.6 is 0 Å². The molecule has 1 amide bonds. The van der Waals surface area contributed by atoms with Gasteiger partial charge in [0.15, 0.2) is 0 Å². The van der Waals surface area contributed by atoms with Crippen LogP contribution in [0, 0.1) is 19.7 Å². The molecule has 0 unspecified atom stereocenters. The van der Waals surface area contributed by atoms with Crippen molar-refractivity contribution in [3.8, 4) is 0 Å². The molecule has 2 rings (SSSR count). The van der Waals surface area contributed by atoms with E-state index in [1.807, 2.05) is 13.8 Å². The molecule has 17 heavy (non-hydrogen) atoms. The first-order valence-corrected chi connectivity index (χ1v) is 5.37. The van der Waals surface area contributed by atoms with Crippen molar-refractivity contribution in [3.63, 3.8) is 0 Å². The number of benzene rings is 1. The van der Waals surface area contributed by atoms with E-state index in [-0.39, 0.29) is 24.0 Å². The van der Waals surface area contributed by atoms with Gasteiger partial charge in [-0.1, -0.05) is 0 Å². The maximum atomic E-state index is 12.6. The van der Waals surface area contributed by atoms with Gasteiger partial charge in [0, 0.05) is 6.54 Å². The molecule has 1 aliphatic heterocycles. The van der Waals surface area contributed by atoms with E-state index >= 15 is 0 Å². The summed E-state index contributed by atoms with van der Waals surface area (Å²) in [7, 11) is 0. The number of morpholine rings is 1. The zero-order valence-corrected chi connectivity index (χ0v) is 10.0. The summed E-state index contributed by atoms with van der Waals surface area (Å²) in [4.78, 5) is 10.2. The maximum absolute atomic E-state index is 12.6. The van der Waals surface area contributed by atoms with Gasteiger partial charge in [0.05, 0.1) is 12.3 Å². The summed E-state index contributed by atoms with van der Waals surface area (Å²) in [5.74, 6) is -0.339. The van der Waals surface area contributed by atoms with Crippen LogP contribution in [-0.4, -0.2) is 25.7 Å². The molecule has 1 aliphatic rings. The molecule has 3 N–H and O–H groups in total. The van der Waals surface area contributed by atoms with Gasteiger partial charge >= 0.3 is 0 Å². The van der Waals surface area contributed by atoms with Crippen LogP contribution in [0.15, 0.2) is 12.1 Å². The Kier molecular flexibility index (Phi) is 4.90. The van der Waals surface area contributed by atoms with Crippen LogP contribution in [-0.2, 0) is 9.53 Å². The highest BCUT2D eigenvalue weighted by Crippen LogP contribution is 2.15. The molecule has 0 aromatic heterocycles. The first-order valence-electron chi connectivity index (χ1n) is 5.37. The van der Waals surface area contributed by atoms with Crippen molar-refractivity contribution in [3.05, 3.63) is 29.1 Å². The first kappa shape index (κ1) is 13.4. The van der Waals surface area contributed by atoms with Crippen LogP contribution < -0.4 is 11.1 Å². The molecule has 0 saturated carbocycles. The average molecular weight is 240 g/mol.